The molecule has 1 heterocycles. The zero-order valence-corrected chi connectivity index (χ0v) is 16.8. The van der Waals surface area contributed by atoms with E-state index in [9.17, 15) is 9.59 Å². The summed E-state index contributed by atoms with van der Waals surface area (Å²) in [7, 11) is 0. The summed E-state index contributed by atoms with van der Waals surface area (Å²) in [5.74, 6) is -0.418. The van der Waals surface area contributed by atoms with E-state index in [4.69, 9.17) is 11.6 Å². The fraction of sp³-hybridized carbons (Fsp3) is 0.364. The van der Waals surface area contributed by atoms with Crippen molar-refractivity contribution in [2.24, 2.45) is 0 Å². The predicted molar refractivity (Wildman–Crippen MR) is 114 cm³/mol. The molecule has 5 nitrogen and oxygen atoms in total. The van der Waals surface area contributed by atoms with E-state index in [1.54, 1.807) is 13.0 Å². The number of rotatable bonds is 7. The second-order valence-electron chi connectivity index (χ2n) is 7.02. The Bertz CT molecular complexity index is 818. The predicted octanol–water partition coefficient (Wildman–Crippen LogP) is 3.83. The van der Waals surface area contributed by atoms with Gasteiger partial charge in [0.15, 0.2) is 0 Å². The maximum Gasteiger partial charge on any atom is 0.253 e. The summed E-state index contributed by atoms with van der Waals surface area (Å²) >= 11 is 5.84. The van der Waals surface area contributed by atoms with Gasteiger partial charge in [0, 0.05) is 31.0 Å². The first-order chi connectivity index (χ1) is 13.5. The minimum absolute atomic E-state index is 0.132. The molecule has 1 aliphatic heterocycles. The molecule has 0 saturated carbocycles. The Balaban J connectivity index is 1.74. The average Bonchev–Trinajstić information content (AvgIpc) is 3.23. The molecule has 2 aromatic rings. The third-order valence-electron chi connectivity index (χ3n) is 4.86. The standard InChI is InChI=1S/C22H26ClN3O2/c1-16(23)21(27)25-18-9-10-20(26-13-5-6-14-26)19(15-18)22(28)24-12-11-17-7-3-2-4-8-17/h2-4,7-10,15-16H,5-6,11-14H2,1H3,(H,24,28)(H,25,27). The molecule has 2 aromatic carbocycles. The van der Waals surface area contributed by atoms with Crippen molar-refractivity contribution < 1.29 is 9.59 Å². The van der Waals surface area contributed by atoms with Gasteiger partial charge in [-0.25, -0.2) is 0 Å². The van der Waals surface area contributed by atoms with Crippen LogP contribution in [0.5, 0.6) is 0 Å². The van der Waals surface area contributed by atoms with Gasteiger partial charge >= 0.3 is 0 Å². The van der Waals surface area contributed by atoms with Crippen LogP contribution >= 0.6 is 11.6 Å². The van der Waals surface area contributed by atoms with E-state index in [1.165, 1.54) is 5.56 Å². The molecule has 1 aliphatic rings. The van der Waals surface area contributed by atoms with Crippen LogP contribution in [0.25, 0.3) is 0 Å². The highest BCUT2D eigenvalue weighted by molar-refractivity contribution is 6.32. The molecule has 1 saturated heterocycles. The number of benzene rings is 2. The first kappa shape index (κ1) is 20.2. The van der Waals surface area contributed by atoms with Crippen LogP contribution in [0, 0.1) is 0 Å². The first-order valence-corrected chi connectivity index (χ1v) is 10.1. The summed E-state index contributed by atoms with van der Waals surface area (Å²) in [6.45, 7) is 4.05. The lowest BCUT2D eigenvalue weighted by atomic mass is 10.1. The van der Waals surface area contributed by atoms with Crippen LogP contribution in [-0.2, 0) is 11.2 Å². The third-order valence-corrected chi connectivity index (χ3v) is 5.06. The van der Waals surface area contributed by atoms with E-state index in [2.05, 4.69) is 15.5 Å². The van der Waals surface area contributed by atoms with Crippen LogP contribution in [0.4, 0.5) is 11.4 Å². The number of nitrogens with one attached hydrogen (secondary N) is 2. The molecule has 0 aromatic heterocycles. The van der Waals surface area contributed by atoms with E-state index in [0.29, 0.717) is 17.8 Å². The Morgan fingerprint density at radius 3 is 2.50 bits per heavy atom. The summed E-state index contributed by atoms with van der Waals surface area (Å²) in [6, 6.07) is 15.5. The summed E-state index contributed by atoms with van der Waals surface area (Å²) in [5, 5.41) is 5.14. The Morgan fingerprint density at radius 2 is 1.82 bits per heavy atom. The molecule has 2 N–H and O–H groups in total. The number of nitrogens with zero attached hydrogens (tertiary/aromatic N) is 1. The average molecular weight is 400 g/mol. The number of hydrogen-bond donors (Lipinski definition) is 2. The highest BCUT2D eigenvalue weighted by Crippen LogP contribution is 2.27. The van der Waals surface area contributed by atoms with Gasteiger partial charge in [0.1, 0.15) is 5.38 Å². The van der Waals surface area contributed by atoms with Crippen LogP contribution < -0.4 is 15.5 Å². The lowest BCUT2D eigenvalue weighted by Crippen LogP contribution is -2.29. The van der Waals surface area contributed by atoms with Gasteiger partial charge in [-0.1, -0.05) is 30.3 Å². The first-order valence-electron chi connectivity index (χ1n) is 9.70. The van der Waals surface area contributed by atoms with Crippen molar-refractivity contribution in [3.05, 3.63) is 59.7 Å². The molecule has 0 aliphatic carbocycles. The number of halogens is 1. The van der Waals surface area contributed by atoms with Gasteiger partial charge in [0.25, 0.3) is 5.91 Å². The van der Waals surface area contributed by atoms with Gasteiger partial charge in [-0.05, 0) is 49.9 Å². The van der Waals surface area contributed by atoms with Gasteiger partial charge in [-0.15, -0.1) is 11.6 Å². The number of hydrogen-bond acceptors (Lipinski definition) is 3. The van der Waals surface area contributed by atoms with Crippen LogP contribution in [0.1, 0.15) is 35.7 Å². The maximum atomic E-state index is 12.9. The fourth-order valence-corrected chi connectivity index (χ4v) is 3.39. The molecular weight excluding hydrogens is 374 g/mol. The molecule has 1 fully saturated rings. The molecule has 0 bridgehead atoms. The topological polar surface area (TPSA) is 61.4 Å². The highest BCUT2D eigenvalue weighted by Gasteiger charge is 2.20. The minimum atomic E-state index is -0.638. The number of alkyl halides is 1. The van der Waals surface area contributed by atoms with Crippen molar-refractivity contribution in [1.29, 1.82) is 0 Å². The number of amides is 2. The Hall–Kier alpha value is -2.53. The molecule has 0 spiro atoms. The minimum Gasteiger partial charge on any atom is -0.371 e. The van der Waals surface area contributed by atoms with E-state index in [1.807, 2.05) is 42.5 Å². The highest BCUT2D eigenvalue weighted by atomic mass is 35.5. The molecule has 3 rings (SSSR count). The van der Waals surface area contributed by atoms with E-state index < -0.39 is 5.38 Å². The number of carbonyl (C=O) groups excluding carboxylic acids is 2. The molecular formula is C22H26ClN3O2. The van der Waals surface area contributed by atoms with Crippen molar-refractivity contribution in [2.75, 3.05) is 29.9 Å². The van der Waals surface area contributed by atoms with Crippen LogP contribution in [0.15, 0.2) is 48.5 Å². The Kier molecular flexibility index (Phi) is 6.93. The van der Waals surface area contributed by atoms with Gasteiger partial charge < -0.3 is 15.5 Å². The summed E-state index contributed by atoms with van der Waals surface area (Å²) < 4.78 is 0. The zero-order valence-electron chi connectivity index (χ0n) is 16.1. The smallest absolute Gasteiger partial charge is 0.253 e. The molecule has 2 amide bonds. The van der Waals surface area contributed by atoms with Gasteiger partial charge in [-0.2, -0.15) is 0 Å². The molecule has 1 unspecified atom stereocenters. The quantitative estimate of drug-likeness (QED) is 0.695. The Labute approximate surface area is 171 Å². The van der Waals surface area contributed by atoms with Gasteiger partial charge in [-0.3, -0.25) is 9.59 Å². The molecule has 0 radical (unpaired) electrons. The van der Waals surface area contributed by atoms with Crippen LogP contribution in [0.3, 0.4) is 0 Å². The summed E-state index contributed by atoms with van der Waals surface area (Å²) in [5.41, 5.74) is 3.25. The molecule has 1 atom stereocenters. The number of anilines is 2. The largest absolute Gasteiger partial charge is 0.371 e. The molecule has 6 heteroatoms. The van der Waals surface area contributed by atoms with Gasteiger partial charge in [0.05, 0.1) is 5.56 Å². The van der Waals surface area contributed by atoms with Gasteiger partial charge in [0.2, 0.25) is 5.91 Å². The SMILES string of the molecule is CC(Cl)C(=O)Nc1ccc(N2CCCC2)c(C(=O)NCCc2ccccc2)c1. The van der Waals surface area contributed by atoms with Crippen molar-refractivity contribution in [1.82, 2.24) is 5.32 Å². The lowest BCUT2D eigenvalue weighted by Gasteiger charge is -2.22. The van der Waals surface area contributed by atoms with Crippen LogP contribution in [0.2, 0.25) is 0 Å². The monoisotopic (exact) mass is 399 g/mol. The Morgan fingerprint density at radius 1 is 1.11 bits per heavy atom. The van der Waals surface area contributed by atoms with Crippen molar-refractivity contribution in [3.63, 3.8) is 0 Å². The molecule has 148 valence electrons. The van der Waals surface area contributed by atoms with Crippen molar-refractivity contribution >= 4 is 34.8 Å². The lowest BCUT2D eigenvalue weighted by molar-refractivity contribution is -0.115. The zero-order chi connectivity index (χ0) is 19.9. The van der Waals surface area contributed by atoms with Crippen LogP contribution in [-0.4, -0.2) is 36.8 Å². The van der Waals surface area contributed by atoms with Crippen molar-refractivity contribution in [2.45, 2.75) is 31.6 Å². The normalized spacial score (nSPS) is 14.6. The second kappa shape index (κ2) is 9.60. The maximum absolute atomic E-state index is 12.9. The summed E-state index contributed by atoms with van der Waals surface area (Å²) in [4.78, 5) is 27.0. The molecule has 28 heavy (non-hydrogen) atoms. The fourth-order valence-electron chi connectivity index (χ4n) is 3.33. The number of carbonyl (C=O) groups is 2. The van der Waals surface area contributed by atoms with E-state index in [-0.39, 0.29) is 11.8 Å². The summed E-state index contributed by atoms with van der Waals surface area (Å²) in [6.07, 6.45) is 3.01. The second-order valence-corrected chi connectivity index (χ2v) is 7.68. The third kappa shape index (κ3) is 5.26. The van der Waals surface area contributed by atoms with E-state index in [0.717, 1.165) is 38.0 Å². The van der Waals surface area contributed by atoms with Crippen molar-refractivity contribution in [3.8, 4) is 0 Å². The van der Waals surface area contributed by atoms with E-state index >= 15 is 0 Å².